The molecular formula is C31H49NO2. The van der Waals surface area contributed by atoms with Crippen LogP contribution >= 0.6 is 0 Å². The van der Waals surface area contributed by atoms with Crippen molar-refractivity contribution in [2.75, 3.05) is 12.3 Å². The van der Waals surface area contributed by atoms with E-state index >= 15 is 0 Å². The van der Waals surface area contributed by atoms with Gasteiger partial charge in [0.2, 0.25) is 0 Å². The van der Waals surface area contributed by atoms with E-state index in [0.717, 1.165) is 30.1 Å². The molecule has 2 aromatic rings. The summed E-state index contributed by atoms with van der Waals surface area (Å²) in [6.45, 7) is 3.56. The third kappa shape index (κ3) is 14.2. The van der Waals surface area contributed by atoms with Gasteiger partial charge in [0.25, 0.3) is 0 Å². The van der Waals surface area contributed by atoms with Crippen molar-refractivity contribution in [3.63, 3.8) is 0 Å². The molecule has 190 valence electrons. The van der Waals surface area contributed by atoms with E-state index in [0.29, 0.717) is 12.3 Å². The second-order valence-electron chi connectivity index (χ2n) is 9.66. The summed E-state index contributed by atoms with van der Waals surface area (Å²) in [5.41, 5.74) is 7.85. The molecule has 3 heteroatoms. The van der Waals surface area contributed by atoms with Gasteiger partial charge in [0.05, 0.1) is 6.61 Å². The summed E-state index contributed by atoms with van der Waals surface area (Å²) in [6, 6.07) is 15.8. The van der Waals surface area contributed by atoms with E-state index in [9.17, 15) is 0 Å². The maximum absolute atomic E-state index is 6.03. The molecule has 2 N–H and O–H groups in total. The molecule has 0 unspecified atom stereocenters. The molecule has 0 bridgehead atoms. The van der Waals surface area contributed by atoms with E-state index < -0.39 is 0 Å². The molecule has 0 saturated carbocycles. The first-order chi connectivity index (χ1) is 16.8. The van der Waals surface area contributed by atoms with E-state index in [2.05, 4.69) is 19.1 Å². The smallest absolute Gasteiger partial charge is 0.125 e. The topological polar surface area (TPSA) is 44.5 Å². The van der Waals surface area contributed by atoms with Crippen molar-refractivity contribution in [2.45, 2.75) is 116 Å². The Morgan fingerprint density at radius 2 is 1.03 bits per heavy atom. The first-order valence-corrected chi connectivity index (χ1v) is 14.0. The average Bonchev–Trinajstić information content (AvgIpc) is 2.85. The van der Waals surface area contributed by atoms with Gasteiger partial charge < -0.3 is 15.2 Å². The molecule has 0 aliphatic carbocycles. The largest absolute Gasteiger partial charge is 0.493 e. The van der Waals surface area contributed by atoms with Gasteiger partial charge >= 0.3 is 0 Å². The van der Waals surface area contributed by atoms with Crippen LogP contribution in [-0.4, -0.2) is 6.61 Å². The second kappa shape index (κ2) is 19.2. The summed E-state index contributed by atoms with van der Waals surface area (Å²) < 4.78 is 11.8. The first-order valence-electron chi connectivity index (χ1n) is 14.0. The predicted molar refractivity (Wildman–Crippen MR) is 147 cm³/mol. The molecule has 0 radical (unpaired) electrons. The van der Waals surface area contributed by atoms with E-state index in [-0.39, 0.29) is 0 Å². The summed E-state index contributed by atoms with van der Waals surface area (Å²) in [6.07, 6.45) is 22.1. The van der Waals surface area contributed by atoms with Crippen LogP contribution in [0, 0.1) is 0 Å². The van der Waals surface area contributed by atoms with Crippen molar-refractivity contribution < 1.29 is 9.47 Å². The minimum atomic E-state index is 0.531. The lowest BCUT2D eigenvalue weighted by Gasteiger charge is -2.11. The molecule has 0 aliphatic heterocycles. The van der Waals surface area contributed by atoms with Crippen LogP contribution < -0.4 is 15.2 Å². The number of hydrogen-bond donors (Lipinski definition) is 1. The van der Waals surface area contributed by atoms with Crippen molar-refractivity contribution >= 4 is 5.69 Å². The summed E-state index contributed by atoms with van der Waals surface area (Å²) >= 11 is 0. The molecule has 2 aromatic carbocycles. The van der Waals surface area contributed by atoms with Gasteiger partial charge in [-0.1, -0.05) is 134 Å². The van der Waals surface area contributed by atoms with Crippen molar-refractivity contribution in [3.8, 4) is 11.5 Å². The van der Waals surface area contributed by atoms with E-state index in [4.69, 9.17) is 15.2 Å². The molecule has 34 heavy (non-hydrogen) atoms. The van der Waals surface area contributed by atoms with Gasteiger partial charge in [-0.3, -0.25) is 0 Å². The standard InChI is InChI=1S/C31H49NO2/c1-2-3-4-5-6-7-8-9-10-11-12-13-14-15-16-20-23-33-30-24-29(32)25-31(26-30)34-27-28-21-18-17-19-22-28/h17-19,21-22,24-26H,2-16,20,23,27,32H2,1H3. The summed E-state index contributed by atoms with van der Waals surface area (Å²) in [5.74, 6) is 1.55. The highest BCUT2D eigenvalue weighted by Gasteiger charge is 2.03. The van der Waals surface area contributed by atoms with E-state index in [1.807, 2.05) is 36.4 Å². The van der Waals surface area contributed by atoms with Crippen LogP contribution in [0.5, 0.6) is 11.5 Å². The number of anilines is 1. The molecule has 0 aliphatic rings. The van der Waals surface area contributed by atoms with Gasteiger partial charge in [-0.2, -0.15) is 0 Å². The summed E-state index contributed by atoms with van der Waals surface area (Å²) in [4.78, 5) is 0. The van der Waals surface area contributed by atoms with Crippen LogP contribution in [0.25, 0.3) is 0 Å². The Balaban J connectivity index is 1.42. The van der Waals surface area contributed by atoms with Crippen molar-refractivity contribution in [1.29, 1.82) is 0 Å². The molecule has 3 nitrogen and oxygen atoms in total. The molecule has 2 rings (SSSR count). The van der Waals surface area contributed by atoms with Gasteiger partial charge in [-0.05, 0) is 12.0 Å². The van der Waals surface area contributed by atoms with E-state index in [1.54, 1.807) is 0 Å². The quantitative estimate of drug-likeness (QED) is 0.147. The maximum Gasteiger partial charge on any atom is 0.125 e. The van der Waals surface area contributed by atoms with Crippen LogP contribution in [-0.2, 0) is 6.61 Å². The minimum Gasteiger partial charge on any atom is -0.493 e. The predicted octanol–water partition coefficient (Wildman–Crippen LogP) is 9.49. The van der Waals surface area contributed by atoms with Crippen molar-refractivity contribution in [3.05, 3.63) is 54.1 Å². The number of nitrogen functional groups attached to an aromatic ring is 1. The number of benzene rings is 2. The summed E-state index contributed by atoms with van der Waals surface area (Å²) in [7, 11) is 0. The Bertz CT molecular complexity index is 731. The SMILES string of the molecule is CCCCCCCCCCCCCCCCCCOc1cc(N)cc(OCc2ccccc2)c1. The number of hydrogen-bond acceptors (Lipinski definition) is 3. The fourth-order valence-corrected chi connectivity index (χ4v) is 4.34. The molecule has 0 heterocycles. The summed E-state index contributed by atoms with van der Waals surface area (Å²) in [5, 5.41) is 0. The third-order valence-corrected chi connectivity index (χ3v) is 6.42. The lowest BCUT2D eigenvalue weighted by molar-refractivity contribution is 0.290. The fraction of sp³-hybridized carbons (Fsp3) is 0.613. The molecular weight excluding hydrogens is 418 g/mol. The Morgan fingerprint density at radius 3 is 1.56 bits per heavy atom. The molecule has 0 atom stereocenters. The zero-order valence-corrected chi connectivity index (χ0v) is 21.7. The van der Waals surface area contributed by atoms with Crippen molar-refractivity contribution in [2.24, 2.45) is 0 Å². The minimum absolute atomic E-state index is 0.531. The van der Waals surface area contributed by atoms with Crippen molar-refractivity contribution in [1.82, 2.24) is 0 Å². The van der Waals surface area contributed by atoms with Gasteiger partial charge in [0.1, 0.15) is 18.1 Å². The lowest BCUT2D eigenvalue weighted by Crippen LogP contribution is -2.00. The number of unbranched alkanes of at least 4 members (excludes halogenated alkanes) is 15. The Morgan fingerprint density at radius 1 is 0.559 bits per heavy atom. The highest BCUT2D eigenvalue weighted by Crippen LogP contribution is 2.25. The van der Waals surface area contributed by atoms with Crippen LogP contribution in [0.4, 0.5) is 5.69 Å². The molecule has 0 amide bonds. The highest BCUT2D eigenvalue weighted by atomic mass is 16.5. The second-order valence-corrected chi connectivity index (χ2v) is 9.66. The van der Waals surface area contributed by atoms with Gasteiger partial charge in [0, 0.05) is 23.9 Å². The zero-order valence-electron chi connectivity index (χ0n) is 21.7. The highest BCUT2D eigenvalue weighted by molar-refractivity contribution is 5.50. The maximum atomic E-state index is 6.03. The van der Waals surface area contributed by atoms with E-state index in [1.165, 1.54) is 96.3 Å². The van der Waals surface area contributed by atoms with Gasteiger partial charge in [-0.25, -0.2) is 0 Å². The Hall–Kier alpha value is -2.16. The number of nitrogens with two attached hydrogens (primary N) is 1. The normalized spacial score (nSPS) is 11.0. The van der Waals surface area contributed by atoms with Crippen LogP contribution in [0.2, 0.25) is 0 Å². The number of ether oxygens (including phenoxy) is 2. The first kappa shape index (κ1) is 28.1. The third-order valence-electron chi connectivity index (χ3n) is 6.42. The van der Waals surface area contributed by atoms with Crippen LogP contribution in [0.15, 0.2) is 48.5 Å². The lowest BCUT2D eigenvalue weighted by atomic mass is 10.0. The molecule has 0 saturated heterocycles. The van der Waals surface area contributed by atoms with Crippen LogP contribution in [0.1, 0.15) is 115 Å². The van der Waals surface area contributed by atoms with Gasteiger partial charge in [-0.15, -0.1) is 0 Å². The monoisotopic (exact) mass is 467 g/mol. The molecule has 0 aromatic heterocycles. The Labute approximate surface area is 209 Å². The van der Waals surface area contributed by atoms with Gasteiger partial charge in [0.15, 0.2) is 0 Å². The molecule has 0 fully saturated rings. The Kier molecular flexibility index (Phi) is 15.8. The van der Waals surface area contributed by atoms with Crippen LogP contribution in [0.3, 0.4) is 0 Å². The average molecular weight is 468 g/mol. The fourth-order valence-electron chi connectivity index (χ4n) is 4.34. The molecule has 0 spiro atoms. The zero-order chi connectivity index (χ0) is 24.1. The number of rotatable bonds is 21.